The van der Waals surface area contributed by atoms with Crippen LogP contribution in [0.25, 0.3) is 10.2 Å². The number of carbonyl (C=O) groups excluding carboxylic acids is 1. The summed E-state index contributed by atoms with van der Waals surface area (Å²) in [7, 11) is 0. The van der Waals surface area contributed by atoms with Crippen molar-refractivity contribution in [2.45, 2.75) is 39.2 Å². The van der Waals surface area contributed by atoms with Crippen molar-refractivity contribution in [1.82, 2.24) is 15.0 Å². The number of rotatable bonds is 3. The van der Waals surface area contributed by atoms with E-state index in [0.29, 0.717) is 21.3 Å². The Morgan fingerprint density at radius 2 is 2.12 bits per heavy atom. The van der Waals surface area contributed by atoms with Crippen molar-refractivity contribution in [3.05, 3.63) is 55.9 Å². The van der Waals surface area contributed by atoms with Gasteiger partial charge in [0.15, 0.2) is 10.6 Å². The minimum absolute atomic E-state index is 0.197. The summed E-state index contributed by atoms with van der Waals surface area (Å²) < 4.78 is 14.5. The van der Waals surface area contributed by atoms with Crippen LogP contribution in [0.3, 0.4) is 0 Å². The van der Waals surface area contributed by atoms with E-state index in [-0.39, 0.29) is 23.7 Å². The molecule has 128 valence electrons. The Kier molecular flexibility index (Phi) is 3.95. The highest BCUT2D eigenvalue weighted by Gasteiger charge is 2.21. The van der Waals surface area contributed by atoms with Crippen molar-refractivity contribution in [3.8, 4) is 0 Å². The van der Waals surface area contributed by atoms with Gasteiger partial charge in [0.1, 0.15) is 12.4 Å². The van der Waals surface area contributed by atoms with Gasteiger partial charge < -0.3 is 0 Å². The molecule has 2 aromatic heterocycles. The van der Waals surface area contributed by atoms with Crippen LogP contribution in [0.1, 0.15) is 39.2 Å². The third-order valence-corrected chi connectivity index (χ3v) is 5.79. The van der Waals surface area contributed by atoms with E-state index in [2.05, 4.69) is 10.3 Å². The average Bonchev–Trinajstić information content (AvgIpc) is 2.99. The number of ketones is 1. The molecular weight excluding hydrogens is 341 g/mol. The molecule has 25 heavy (non-hydrogen) atoms. The van der Waals surface area contributed by atoms with E-state index in [0.717, 1.165) is 35.9 Å². The summed E-state index contributed by atoms with van der Waals surface area (Å²) in [4.78, 5) is 27.1. The second-order valence-electron chi connectivity index (χ2n) is 6.33. The normalized spacial score (nSPS) is 13.8. The zero-order valence-electron chi connectivity index (χ0n) is 13.7. The lowest BCUT2D eigenvalue weighted by Gasteiger charge is -2.10. The highest BCUT2D eigenvalue weighted by molar-refractivity contribution is 7.18. The zero-order chi connectivity index (χ0) is 17.6. The van der Waals surface area contributed by atoms with Crippen LogP contribution in [0, 0.1) is 12.7 Å². The first-order valence-electron chi connectivity index (χ1n) is 8.22. The van der Waals surface area contributed by atoms with E-state index < -0.39 is 0 Å². The highest BCUT2D eigenvalue weighted by atomic mass is 32.1. The van der Waals surface area contributed by atoms with Gasteiger partial charge in [-0.25, -0.2) is 9.07 Å². The number of hydrogen-bond acceptors (Lipinski definition) is 5. The molecule has 1 aliphatic carbocycles. The minimum atomic E-state index is -0.361. The largest absolute Gasteiger partial charge is 0.292 e. The van der Waals surface area contributed by atoms with E-state index in [1.807, 2.05) is 0 Å². The van der Waals surface area contributed by atoms with Gasteiger partial charge in [0.05, 0.1) is 5.39 Å². The predicted octanol–water partition coefficient (Wildman–Crippen LogP) is 3.06. The Labute approximate surface area is 147 Å². The number of hydrogen-bond donors (Lipinski definition) is 0. The molecule has 4 rings (SSSR count). The van der Waals surface area contributed by atoms with Gasteiger partial charge in [-0.3, -0.25) is 9.59 Å². The molecule has 0 N–H and O–H groups in total. The standard InChI is InChI=1S/C18H16FN3O2S/c1-10-8-11(6-7-13(10)19)14(23)9-22-18(24)16-12-4-2-3-5-15(12)25-17(16)20-21-22/h6-8H,2-5,9H2,1H3. The SMILES string of the molecule is Cc1cc(C(=O)Cn2nnc3sc4c(c3c2=O)CCCC4)ccc1F. The molecule has 3 aromatic rings. The molecule has 0 bridgehead atoms. The van der Waals surface area contributed by atoms with Crippen molar-refractivity contribution in [2.24, 2.45) is 0 Å². The Morgan fingerprint density at radius 3 is 2.92 bits per heavy atom. The van der Waals surface area contributed by atoms with Crippen molar-refractivity contribution >= 4 is 27.3 Å². The van der Waals surface area contributed by atoms with Crippen LogP contribution in [0.2, 0.25) is 0 Å². The maximum Gasteiger partial charge on any atom is 0.279 e. The Hall–Kier alpha value is -2.41. The summed E-state index contributed by atoms with van der Waals surface area (Å²) in [5.41, 5.74) is 1.56. The van der Waals surface area contributed by atoms with Crippen LogP contribution in [0.15, 0.2) is 23.0 Å². The molecule has 0 saturated carbocycles. The number of aryl methyl sites for hydroxylation is 3. The first kappa shape index (κ1) is 16.1. The lowest BCUT2D eigenvalue weighted by atomic mass is 9.97. The summed E-state index contributed by atoms with van der Waals surface area (Å²) in [6.07, 6.45) is 4.04. The average molecular weight is 357 g/mol. The minimum Gasteiger partial charge on any atom is -0.292 e. The number of halogens is 1. The van der Waals surface area contributed by atoms with Gasteiger partial charge in [-0.15, -0.1) is 16.4 Å². The maximum absolute atomic E-state index is 13.4. The van der Waals surface area contributed by atoms with Gasteiger partial charge >= 0.3 is 0 Å². The molecule has 0 atom stereocenters. The van der Waals surface area contributed by atoms with Crippen molar-refractivity contribution < 1.29 is 9.18 Å². The van der Waals surface area contributed by atoms with Crippen molar-refractivity contribution in [2.75, 3.05) is 0 Å². The molecule has 0 saturated heterocycles. The van der Waals surface area contributed by atoms with Crippen LogP contribution in [0.5, 0.6) is 0 Å². The van der Waals surface area contributed by atoms with Crippen molar-refractivity contribution in [1.29, 1.82) is 0 Å². The van der Waals surface area contributed by atoms with Crippen molar-refractivity contribution in [3.63, 3.8) is 0 Å². The number of carbonyl (C=O) groups is 1. The zero-order valence-corrected chi connectivity index (χ0v) is 14.5. The maximum atomic E-state index is 13.4. The number of Topliss-reactive ketones (excluding diaryl/α,β-unsaturated/α-hetero) is 1. The van der Waals surface area contributed by atoms with Gasteiger partial charge in [-0.05, 0) is 61.9 Å². The van der Waals surface area contributed by atoms with E-state index in [4.69, 9.17) is 0 Å². The van der Waals surface area contributed by atoms with E-state index >= 15 is 0 Å². The topological polar surface area (TPSA) is 64.8 Å². The summed E-state index contributed by atoms with van der Waals surface area (Å²) in [6, 6.07) is 4.17. The van der Waals surface area contributed by atoms with E-state index in [1.54, 1.807) is 6.92 Å². The third kappa shape index (κ3) is 2.78. The molecule has 0 unspecified atom stereocenters. The summed E-state index contributed by atoms with van der Waals surface area (Å²) in [6.45, 7) is 1.40. The fourth-order valence-electron chi connectivity index (χ4n) is 3.26. The molecule has 1 aromatic carbocycles. The van der Waals surface area contributed by atoms with Gasteiger partial charge in [0, 0.05) is 10.4 Å². The third-order valence-electron chi connectivity index (χ3n) is 4.62. The Morgan fingerprint density at radius 1 is 1.32 bits per heavy atom. The van der Waals surface area contributed by atoms with Crippen LogP contribution >= 0.6 is 11.3 Å². The first-order chi connectivity index (χ1) is 12.0. The molecular formula is C18H16FN3O2S. The summed E-state index contributed by atoms with van der Waals surface area (Å²) in [5, 5.41) is 8.68. The summed E-state index contributed by atoms with van der Waals surface area (Å²) in [5.74, 6) is -0.650. The highest BCUT2D eigenvalue weighted by Crippen LogP contribution is 2.33. The van der Waals surface area contributed by atoms with E-state index in [9.17, 15) is 14.0 Å². The number of fused-ring (bicyclic) bond motifs is 3. The Balaban J connectivity index is 1.72. The predicted molar refractivity (Wildman–Crippen MR) is 93.8 cm³/mol. The molecule has 1 aliphatic rings. The quantitative estimate of drug-likeness (QED) is 0.676. The lowest BCUT2D eigenvalue weighted by molar-refractivity contribution is 0.0964. The lowest BCUT2D eigenvalue weighted by Crippen LogP contribution is -2.28. The van der Waals surface area contributed by atoms with Crippen LogP contribution in [-0.2, 0) is 19.4 Å². The van der Waals surface area contributed by atoms with Gasteiger partial charge in [-0.1, -0.05) is 5.21 Å². The molecule has 5 nitrogen and oxygen atoms in total. The van der Waals surface area contributed by atoms with Gasteiger partial charge in [0.2, 0.25) is 0 Å². The molecule has 0 spiro atoms. The van der Waals surface area contributed by atoms with Crippen LogP contribution in [-0.4, -0.2) is 20.8 Å². The smallest absolute Gasteiger partial charge is 0.279 e. The number of thiophene rings is 1. The first-order valence-corrected chi connectivity index (χ1v) is 9.03. The molecule has 2 heterocycles. The molecule has 0 fully saturated rings. The summed E-state index contributed by atoms with van der Waals surface area (Å²) >= 11 is 1.53. The molecule has 0 aliphatic heterocycles. The number of aromatic nitrogens is 3. The second kappa shape index (κ2) is 6.15. The van der Waals surface area contributed by atoms with Crippen LogP contribution in [0.4, 0.5) is 4.39 Å². The molecule has 0 radical (unpaired) electrons. The second-order valence-corrected chi connectivity index (χ2v) is 7.41. The molecule has 7 heteroatoms. The Bertz CT molecular complexity index is 1050. The van der Waals surface area contributed by atoms with Crippen LogP contribution < -0.4 is 5.56 Å². The van der Waals surface area contributed by atoms with Gasteiger partial charge in [0.25, 0.3) is 5.56 Å². The monoisotopic (exact) mass is 357 g/mol. The molecule has 0 amide bonds. The number of benzene rings is 1. The van der Waals surface area contributed by atoms with E-state index in [1.165, 1.54) is 34.4 Å². The number of nitrogens with zero attached hydrogens (tertiary/aromatic N) is 3. The fraction of sp³-hybridized carbons (Fsp3) is 0.333. The van der Waals surface area contributed by atoms with Gasteiger partial charge in [-0.2, -0.15) is 0 Å². The fourth-order valence-corrected chi connectivity index (χ4v) is 4.45.